The van der Waals surface area contributed by atoms with Crippen LogP contribution in [-0.4, -0.2) is 27.1 Å². The molecular weight excluding hydrogens is 266 g/mol. The first-order valence-electron chi connectivity index (χ1n) is 6.87. The topological polar surface area (TPSA) is 75.1 Å². The first kappa shape index (κ1) is 15.0. The van der Waals surface area contributed by atoms with Crippen LogP contribution in [0.5, 0.6) is 0 Å². The van der Waals surface area contributed by atoms with Crippen LogP contribution in [-0.2, 0) is 6.42 Å². The number of carboxylic acids is 1. The van der Waals surface area contributed by atoms with Gasteiger partial charge in [-0.2, -0.15) is 0 Å². The van der Waals surface area contributed by atoms with Crippen LogP contribution in [0, 0.1) is 6.92 Å². The second-order valence-corrected chi connectivity index (χ2v) is 5.32. The highest BCUT2D eigenvalue weighted by molar-refractivity contribution is 5.86. The number of benzene rings is 1. The fraction of sp³-hybridized carbons (Fsp3) is 0.312. The van der Waals surface area contributed by atoms with Gasteiger partial charge in [0.05, 0.1) is 0 Å². The van der Waals surface area contributed by atoms with Gasteiger partial charge in [0.2, 0.25) is 0 Å². The van der Waals surface area contributed by atoms with Gasteiger partial charge in [0.25, 0.3) is 0 Å². The lowest BCUT2D eigenvalue weighted by Gasteiger charge is -2.11. The van der Waals surface area contributed by atoms with Crippen molar-refractivity contribution in [1.29, 1.82) is 0 Å². The first-order valence-corrected chi connectivity index (χ1v) is 6.87. The summed E-state index contributed by atoms with van der Waals surface area (Å²) in [6, 6.07) is 9.66. The Morgan fingerprint density at radius 1 is 1.29 bits per heavy atom. The number of anilines is 1. The number of hydrogen-bond donors (Lipinski definition) is 2. The number of aryl methyl sites for hydroxylation is 1. The third-order valence-corrected chi connectivity index (χ3v) is 2.87. The van der Waals surface area contributed by atoms with Crippen LogP contribution >= 0.6 is 0 Å². The molecule has 0 aliphatic heterocycles. The molecule has 0 atom stereocenters. The zero-order valence-electron chi connectivity index (χ0n) is 12.4. The molecule has 0 aliphatic rings. The number of nitrogens with zero attached hydrogens (tertiary/aromatic N) is 2. The molecule has 110 valence electrons. The van der Waals surface area contributed by atoms with E-state index in [9.17, 15) is 4.79 Å². The van der Waals surface area contributed by atoms with Gasteiger partial charge in [-0.15, -0.1) is 0 Å². The number of nitrogens with one attached hydrogen (secondary N) is 1. The number of rotatable bonds is 5. The molecule has 0 saturated heterocycles. The van der Waals surface area contributed by atoms with Gasteiger partial charge in [-0.05, 0) is 26.3 Å². The SMILES string of the molecule is Cc1cccc(Cc2nc(NC(C)C)cc(C(=O)O)n2)c1. The van der Waals surface area contributed by atoms with Crippen LogP contribution in [0.3, 0.4) is 0 Å². The lowest BCUT2D eigenvalue weighted by Crippen LogP contribution is -2.14. The summed E-state index contributed by atoms with van der Waals surface area (Å²) < 4.78 is 0. The quantitative estimate of drug-likeness (QED) is 0.883. The first-order chi connectivity index (χ1) is 9.94. The van der Waals surface area contributed by atoms with Crippen LogP contribution in [0.25, 0.3) is 0 Å². The van der Waals surface area contributed by atoms with Crippen molar-refractivity contribution >= 4 is 11.8 Å². The van der Waals surface area contributed by atoms with Gasteiger partial charge in [0.1, 0.15) is 11.6 Å². The van der Waals surface area contributed by atoms with Crippen LogP contribution in [0.1, 0.15) is 41.3 Å². The minimum absolute atomic E-state index is 0.0100. The fourth-order valence-electron chi connectivity index (χ4n) is 2.06. The zero-order chi connectivity index (χ0) is 15.4. The molecule has 5 heteroatoms. The van der Waals surface area contributed by atoms with Gasteiger partial charge in [-0.3, -0.25) is 0 Å². The summed E-state index contributed by atoms with van der Waals surface area (Å²) in [5.74, 6) is -0.00148. The molecule has 1 heterocycles. The third kappa shape index (κ3) is 4.27. The molecule has 0 radical (unpaired) electrons. The van der Waals surface area contributed by atoms with Crippen molar-refractivity contribution < 1.29 is 9.90 Å². The molecule has 21 heavy (non-hydrogen) atoms. The van der Waals surface area contributed by atoms with E-state index in [1.54, 1.807) is 0 Å². The molecular formula is C16H19N3O2. The summed E-state index contributed by atoms with van der Waals surface area (Å²) in [5.41, 5.74) is 2.23. The maximum atomic E-state index is 11.2. The van der Waals surface area contributed by atoms with Crippen molar-refractivity contribution in [2.75, 3.05) is 5.32 Å². The highest BCUT2D eigenvalue weighted by Gasteiger charge is 2.11. The van der Waals surface area contributed by atoms with Crippen LogP contribution in [0.2, 0.25) is 0 Å². The van der Waals surface area contributed by atoms with Gasteiger partial charge in [0, 0.05) is 18.5 Å². The predicted molar refractivity (Wildman–Crippen MR) is 81.7 cm³/mol. The molecule has 1 aromatic heterocycles. The molecule has 2 aromatic rings. The number of aromatic carboxylic acids is 1. The molecule has 0 unspecified atom stereocenters. The Kier molecular flexibility index (Phi) is 4.52. The van der Waals surface area contributed by atoms with Crippen LogP contribution in [0.15, 0.2) is 30.3 Å². The maximum Gasteiger partial charge on any atom is 0.354 e. The Bertz CT molecular complexity index is 654. The standard InChI is InChI=1S/C16H19N3O2/c1-10(2)17-15-9-13(16(20)21)18-14(19-15)8-12-6-4-5-11(3)7-12/h4-7,9-10H,8H2,1-3H3,(H,20,21)(H,17,18,19). The average molecular weight is 285 g/mol. The second-order valence-electron chi connectivity index (χ2n) is 5.32. The Morgan fingerprint density at radius 2 is 2.05 bits per heavy atom. The van der Waals surface area contributed by atoms with E-state index < -0.39 is 5.97 Å². The van der Waals surface area contributed by atoms with E-state index in [-0.39, 0.29) is 11.7 Å². The molecule has 0 aliphatic carbocycles. The molecule has 0 fully saturated rings. The third-order valence-electron chi connectivity index (χ3n) is 2.87. The van der Waals surface area contributed by atoms with E-state index in [0.29, 0.717) is 18.1 Å². The molecule has 1 aromatic carbocycles. The number of carbonyl (C=O) groups is 1. The largest absolute Gasteiger partial charge is 0.477 e. The summed E-state index contributed by atoms with van der Waals surface area (Å²) in [6.07, 6.45) is 0.509. The predicted octanol–water partition coefficient (Wildman–Crippen LogP) is 2.89. The van der Waals surface area contributed by atoms with Crippen molar-refractivity contribution in [2.24, 2.45) is 0 Å². The van der Waals surface area contributed by atoms with Gasteiger partial charge in [-0.25, -0.2) is 14.8 Å². The van der Waals surface area contributed by atoms with E-state index in [2.05, 4.69) is 15.3 Å². The molecule has 5 nitrogen and oxygen atoms in total. The van der Waals surface area contributed by atoms with Gasteiger partial charge in [0.15, 0.2) is 5.69 Å². The zero-order valence-corrected chi connectivity index (χ0v) is 12.4. The average Bonchev–Trinajstić information content (AvgIpc) is 2.37. The molecule has 0 saturated carbocycles. The van der Waals surface area contributed by atoms with Gasteiger partial charge >= 0.3 is 5.97 Å². The summed E-state index contributed by atoms with van der Waals surface area (Å²) >= 11 is 0. The van der Waals surface area contributed by atoms with Gasteiger partial charge in [-0.1, -0.05) is 29.8 Å². The van der Waals surface area contributed by atoms with Crippen LogP contribution < -0.4 is 5.32 Å². The van der Waals surface area contributed by atoms with E-state index in [0.717, 1.165) is 11.1 Å². The van der Waals surface area contributed by atoms with E-state index in [4.69, 9.17) is 5.11 Å². The van der Waals surface area contributed by atoms with E-state index >= 15 is 0 Å². The molecule has 0 spiro atoms. The summed E-state index contributed by atoms with van der Waals surface area (Å²) in [7, 11) is 0. The van der Waals surface area contributed by atoms with E-state index in [1.807, 2.05) is 45.0 Å². The van der Waals surface area contributed by atoms with Gasteiger partial charge < -0.3 is 10.4 Å². The fourth-order valence-corrected chi connectivity index (χ4v) is 2.06. The van der Waals surface area contributed by atoms with Crippen molar-refractivity contribution in [3.05, 3.63) is 53.0 Å². The lowest BCUT2D eigenvalue weighted by atomic mass is 10.1. The Morgan fingerprint density at radius 3 is 2.67 bits per heavy atom. The molecule has 0 bridgehead atoms. The lowest BCUT2D eigenvalue weighted by molar-refractivity contribution is 0.0690. The van der Waals surface area contributed by atoms with Crippen molar-refractivity contribution in [3.8, 4) is 0 Å². The Balaban J connectivity index is 2.33. The minimum atomic E-state index is -1.05. The minimum Gasteiger partial charge on any atom is -0.477 e. The highest BCUT2D eigenvalue weighted by Crippen LogP contribution is 2.13. The second kappa shape index (κ2) is 6.35. The number of aromatic nitrogens is 2. The summed E-state index contributed by atoms with van der Waals surface area (Å²) in [5, 5.41) is 12.3. The van der Waals surface area contributed by atoms with E-state index in [1.165, 1.54) is 6.07 Å². The monoisotopic (exact) mass is 285 g/mol. The smallest absolute Gasteiger partial charge is 0.354 e. The highest BCUT2D eigenvalue weighted by atomic mass is 16.4. The van der Waals surface area contributed by atoms with Crippen molar-refractivity contribution in [3.63, 3.8) is 0 Å². The number of hydrogen-bond acceptors (Lipinski definition) is 4. The van der Waals surface area contributed by atoms with Crippen molar-refractivity contribution in [1.82, 2.24) is 9.97 Å². The molecule has 0 amide bonds. The normalized spacial score (nSPS) is 10.7. The summed E-state index contributed by atoms with van der Waals surface area (Å²) in [4.78, 5) is 19.7. The van der Waals surface area contributed by atoms with Crippen molar-refractivity contribution in [2.45, 2.75) is 33.2 Å². The van der Waals surface area contributed by atoms with Crippen LogP contribution in [0.4, 0.5) is 5.82 Å². The molecule has 2 rings (SSSR count). The summed E-state index contributed by atoms with van der Waals surface area (Å²) in [6.45, 7) is 5.97. The number of carboxylic acid groups (broad SMARTS) is 1. The molecule has 2 N–H and O–H groups in total. The Hall–Kier alpha value is -2.43. The Labute approximate surface area is 124 Å². The maximum absolute atomic E-state index is 11.2.